The molecule has 0 aliphatic carbocycles. The van der Waals surface area contributed by atoms with Crippen LogP contribution in [0.3, 0.4) is 0 Å². The van der Waals surface area contributed by atoms with Gasteiger partial charge in [-0.05, 0) is 46.1 Å². The number of halogens is 3. The summed E-state index contributed by atoms with van der Waals surface area (Å²) >= 11 is 3.49. The zero-order valence-electron chi connectivity index (χ0n) is 11.6. The van der Waals surface area contributed by atoms with Crippen molar-refractivity contribution in [3.05, 3.63) is 63.6 Å². The summed E-state index contributed by atoms with van der Waals surface area (Å²) in [7, 11) is 0. The Hall–Kier alpha value is -1.46. The third-order valence-electron chi connectivity index (χ3n) is 3.28. The van der Waals surface area contributed by atoms with Crippen LogP contribution >= 0.6 is 15.9 Å². The maximum atomic E-state index is 12.6. The lowest BCUT2D eigenvalue weighted by molar-refractivity contribution is 0.151. The molecule has 2 nitrogen and oxygen atoms in total. The summed E-state index contributed by atoms with van der Waals surface area (Å²) in [6, 6.07) is 12.1. The highest BCUT2D eigenvalue weighted by Gasteiger charge is 2.13. The van der Waals surface area contributed by atoms with Crippen LogP contribution in [0.1, 0.15) is 29.2 Å². The van der Waals surface area contributed by atoms with Crippen molar-refractivity contribution >= 4 is 21.6 Å². The number of alkyl halides is 2. The second-order valence-corrected chi connectivity index (χ2v) is 5.74. The molecular formula is C16H17BrF2N2. The van der Waals surface area contributed by atoms with E-state index in [9.17, 15) is 8.78 Å². The highest BCUT2D eigenvalue weighted by atomic mass is 79.9. The lowest BCUT2D eigenvalue weighted by Gasteiger charge is -2.20. The first kappa shape index (κ1) is 15.9. The Balaban J connectivity index is 2.21. The summed E-state index contributed by atoms with van der Waals surface area (Å²) in [5.74, 6) is 0. The largest absolute Gasteiger partial charge is 0.376 e. The second kappa shape index (κ2) is 7.00. The summed E-state index contributed by atoms with van der Waals surface area (Å²) in [4.78, 5) is 0. The first-order valence-corrected chi connectivity index (χ1v) is 7.41. The zero-order chi connectivity index (χ0) is 15.4. The molecule has 2 aromatic carbocycles. The van der Waals surface area contributed by atoms with Gasteiger partial charge in [0.1, 0.15) is 0 Å². The normalized spacial score (nSPS) is 12.5. The molecule has 0 spiro atoms. The molecule has 0 fully saturated rings. The number of rotatable bonds is 5. The summed E-state index contributed by atoms with van der Waals surface area (Å²) in [6.07, 6.45) is -2.45. The quantitative estimate of drug-likeness (QED) is 0.808. The summed E-state index contributed by atoms with van der Waals surface area (Å²) < 4.78 is 26.1. The maximum Gasteiger partial charge on any atom is 0.263 e. The Kier molecular flexibility index (Phi) is 5.31. The molecule has 2 aromatic rings. The van der Waals surface area contributed by atoms with Gasteiger partial charge in [0.15, 0.2) is 0 Å². The van der Waals surface area contributed by atoms with Crippen molar-refractivity contribution in [3.8, 4) is 0 Å². The van der Waals surface area contributed by atoms with Gasteiger partial charge in [-0.15, -0.1) is 0 Å². The highest BCUT2D eigenvalue weighted by molar-refractivity contribution is 9.10. The van der Waals surface area contributed by atoms with Crippen molar-refractivity contribution in [1.29, 1.82) is 0 Å². The number of aryl methyl sites for hydroxylation is 1. The Bertz CT molecular complexity index is 600. The van der Waals surface area contributed by atoms with Crippen molar-refractivity contribution in [2.75, 3.05) is 11.9 Å². The molecular weight excluding hydrogens is 338 g/mol. The second-order valence-electron chi connectivity index (χ2n) is 4.88. The molecule has 0 aliphatic heterocycles. The number of benzene rings is 2. The van der Waals surface area contributed by atoms with E-state index in [1.807, 2.05) is 25.1 Å². The predicted octanol–water partition coefficient (Wildman–Crippen LogP) is 4.81. The molecule has 3 N–H and O–H groups in total. The highest BCUT2D eigenvalue weighted by Crippen LogP contribution is 2.28. The van der Waals surface area contributed by atoms with E-state index in [2.05, 4.69) is 21.2 Å². The number of anilines is 1. The predicted molar refractivity (Wildman–Crippen MR) is 85.7 cm³/mol. The van der Waals surface area contributed by atoms with E-state index in [1.165, 1.54) is 12.1 Å². The topological polar surface area (TPSA) is 38.0 Å². The first-order chi connectivity index (χ1) is 10.0. The van der Waals surface area contributed by atoms with Gasteiger partial charge >= 0.3 is 0 Å². The SMILES string of the molecule is Cc1ccc(Br)c(NC(CN)c2ccc(C(F)F)cc2)c1. The summed E-state index contributed by atoms with van der Waals surface area (Å²) in [5.41, 5.74) is 8.78. The minimum absolute atomic E-state index is 0.0197. The van der Waals surface area contributed by atoms with Gasteiger partial charge in [-0.1, -0.05) is 30.3 Å². The van der Waals surface area contributed by atoms with Gasteiger partial charge in [-0.25, -0.2) is 8.78 Å². The van der Waals surface area contributed by atoms with E-state index >= 15 is 0 Å². The maximum absolute atomic E-state index is 12.6. The minimum atomic E-state index is -2.45. The van der Waals surface area contributed by atoms with E-state index in [4.69, 9.17) is 5.73 Å². The zero-order valence-corrected chi connectivity index (χ0v) is 13.2. The van der Waals surface area contributed by atoms with Crippen LogP contribution in [0.5, 0.6) is 0 Å². The fourth-order valence-corrected chi connectivity index (χ4v) is 2.45. The molecule has 0 amide bonds. The van der Waals surface area contributed by atoms with Gasteiger partial charge in [0.2, 0.25) is 0 Å². The van der Waals surface area contributed by atoms with Gasteiger partial charge in [0.25, 0.3) is 6.43 Å². The molecule has 1 atom stereocenters. The third-order valence-corrected chi connectivity index (χ3v) is 3.97. The monoisotopic (exact) mass is 354 g/mol. The van der Waals surface area contributed by atoms with Gasteiger partial charge in [0.05, 0.1) is 6.04 Å². The number of hydrogen-bond acceptors (Lipinski definition) is 2. The standard InChI is InChI=1S/C16H17BrF2N2/c1-10-2-7-13(17)14(8-10)21-15(9-20)11-3-5-12(6-4-11)16(18)19/h2-8,15-16,21H,9,20H2,1H3. The fourth-order valence-electron chi connectivity index (χ4n) is 2.09. The first-order valence-electron chi connectivity index (χ1n) is 6.62. The molecule has 0 saturated carbocycles. The molecule has 0 bridgehead atoms. The molecule has 1 unspecified atom stereocenters. The molecule has 21 heavy (non-hydrogen) atoms. The smallest absolute Gasteiger partial charge is 0.263 e. The van der Waals surface area contributed by atoms with Crippen molar-refractivity contribution in [2.45, 2.75) is 19.4 Å². The van der Waals surface area contributed by atoms with Crippen LogP contribution in [0.15, 0.2) is 46.9 Å². The molecule has 0 aromatic heterocycles. The van der Waals surface area contributed by atoms with Crippen LogP contribution < -0.4 is 11.1 Å². The van der Waals surface area contributed by atoms with Crippen LogP contribution in [0.2, 0.25) is 0 Å². The van der Waals surface area contributed by atoms with Gasteiger partial charge < -0.3 is 11.1 Å². The van der Waals surface area contributed by atoms with Crippen molar-refractivity contribution in [3.63, 3.8) is 0 Å². The van der Waals surface area contributed by atoms with Gasteiger partial charge in [0, 0.05) is 22.3 Å². The number of nitrogens with two attached hydrogens (primary N) is 1. The van der Waals surface area contributed by atoms with E-state index in [-0.39, 0.29) is 11.6 Å². The lowest BCUT2D eigenvalue weighted by atomic mass is 10.0. The van der Waals surface area contributed by atoms with Crippen LogP contribution in [0, 0.1) is 6.92 Å². The van der Waals surface area contributed by atoms with Crippen molar-refractivity contribution in [2.24, 2.45) is 5.73 Å². The molecule has 5 heteroatoms. The Morgan fingerprint density at radius 2 is 1.71 bits per heavy atom. The van der Waals surface area contributed by atoms with E-state index in [0.29, 0.717) is 6.54 Å². The minimum Gasteiger partial charge on any atom is -0.376 e. The average molecular weight is 355 g/mol. The molecule has 0 heterocycles. The van der Waals surface area contributed by atoms with Crippen molar-refractivity contribution < 1.29 is 8.78 Å². The average Bonchev–Trinajstić information content (AvgIpc) is 2.48. The Labute approximate surface area is 131 Å². The fraction of sp³-hybridized carbons (Fsp3) is 0.250. The van der Waals surface area contributed by atoms with Gasteiger partial charge in [-0.2, -0.15) is 0 Å². The van der Waals surface area contributed by atoms with E-state index < -0.39 is 6.43 Å². The molecule has 0 aliphatic rings. The van der Waals surface area contributed by atoms with Crippen LogP contribution in [0.25, 0.3) is 0 Å². The molecule has 0 saturated heterocycles. The lowest BCUT2D eigenvalue weighted by Crippen LogP contribution is -2.20. The number of nitrogens with one attached hydrogen (secondary N) is 1. The Morgan fingerprint density at radius 3 is 2.29 bits per heavy atom. The summed E-state index contributed by atoms with van der Waals surface area (Å²) in [6.45, 7) is 2.38. The van der Waals surface area contributed by atoms with Crippen LogP contribution in [-0.4, -0.2) is 6.54 Å². The summed E-state index contributed by atoms with van der Waals surface area (Å²) in [5, 5.41) is 3.34. The molecule has 112 valence electrons. The van der Waals surface area contributed by atoms with Gasteiger partial charge in [-0.3, -0.25) is 0 Å². The van der Waals surface area contributed by atoms with E-state index in [0.717, 1.165) is 21.3 Å². The third kappa shape index (κ3) is 4.02. The Morgan fingerprint density at radius 1 is 1.10 bits per heavy atom. The van der Waals surface area contributed by atoms with Crippen LogP contribution in [-0.2, 0) is 0 Å². The molecule has 0 radical (unpaired) electrons. The van der Waals surface area contributed by atoms with E-state index in [1.54, 1.807) is 12.1 Å². The number of hydrogen-bond donors (Lipinski definition) is 2. The molecule has 2 rings (SSSR count). The van der Waals surface area contributed by atoms with Crippen molar-refractivity contribution in [1.82, 2.24) is 0 Å². The van der Waals surface area contributed by atoms with Crippen LogP contribution in [0.4, 0.5) is 14.5 Å².